The van der Waals surface area contributed by atoms with E-state index in [4.69, 9.17) is 18.9 Å². The molecule has 0 atom stereocenters. The highest BCUT2D eigenvalue weighted by Crippen LogP contribution is 2.46. The van der Waals surface area contributed by atoms with E-state index < -0.39 is 5.97 Å². The lowest BCUT2D eigenvalue weighted by atomic mass is 10.1. The quantitative estimate of drug-likeness (QED) is 0.206. The van der Waals surface area contributed by atoms with Crippen molar-refractivity contribution in [3.63, 3.8) is 0 Å². The number of methoxy groups -OCH3 is 1. The van der Waals surface area contributed by atoms with Crippen molar-refractivity contribution in [3.8, 4) is 17.2 Å². The van der Waals surface area contributed by atoms with E-state index in [2.05, 4.69) is 15.9 Å². The van der Waals surface area contributed by atoms with Crippen molar-refractivity contribution in [3.05, 3.63) is 124 Å². The number of benzene rings is 4. The van der Waals surface area contributed by atoms with Crippen LogP contribution in [0.3, 0.4) is 0 Å². The molecule has 0 unspecified atom stereocenters. The third-order valence-electron chi connectivity index (χ3n) is 5.24. The summed E-state index contributed by atoms with van der Waals surface area (Å²) in [6.07, 6.45) is 0. The van der Waals surface area contributed by atoms with Crippen LogP contribution >= 0.6 is 15.9 Å². The number of esters is 1. The molecule has 0 spiro atoms. The highest BCUT2D eigenvalue weighted by Gasteiger charge is 2.25. The van der Waals surface area contributed by atoms with E-state index in [0.717, 1.165) is 16.7 Å². The molecule has 35 heavy (non-hydrogen) atoms. The number of halogens is 1. The van der Waals surface area contributed by atoms with Gasteiger partial charge in [0.2, 0.25) is 5.75 Å². The van der Waals surface area contributed by atoms with Gasteiger partial charge in [-0.2, -0.15) is 0 Å². The standard InChI is InChI=1S/C29H25BrO5/c1-32-29(31)24-17-25(33-18-21-11-5-2-6-12-21)27(34-19-22-13-7-3-8-14-22)28(26(24)30)35-20-23-15-9-4-10-16-23/h2-17H,18-20H2,1H3. The highest BCUT2D eigenvalue weighted by molar-refractivity contribution is 9.10. The number of hydrogen-bond donors (Lipinski definition) is 0. The smallest absolute Gasteiger partial charge is 0.339 e. The number of rotatable bonds is 10. The first-order chi connectivity index (χ1) is 17.2. The third-order valence-corrected chi connectivity index (χ3v) is 6.02. The maximum atomic E-state index is 12.6. The maximum Gasteiger partial charge on any atom is 0.339 e. The minimum absolute atomic E-state index is 0.282. The van der Waals surface area contributed by atoms with Gasteiger partial charge in [0.15, 0.2) is 11.5 Å². The van der Waals surface area contributed by atoms with Crippen LogP contribution in [0, 0.1) is 0 Å². The van der Waals surface area contributed by atoms with Crippen molar-refractivity contribution < 1.29 is 23.7 Å². The van der Waals surface area contributed by atoms with Crippen molar-refractivity contribution in [2.45, 2.75) is 19.8 Å². The first-order valence-electron chi connectivity index (χ1n) is 11.1. The monoisotopic (exact) mass is 532 g/mol. The molecule has 0 saturated carbocycles. The molecule has 6 heteroatoms. The second-order valence-corrected chi connectivity index (χ2v) is 8.50. The normalized spacial score (nSPS) is 10.5. The zero-order valence-corrected chi connectivity index (χ0v) is 20.9. The average Bonchev–Trinajstić information content (AvgIpc) is 2.92. The Morgan fingerprint density at radius 1 is 0.657 bits per heavy atom. The fourth-order valence-electron chi connectivity index (χ4n) is 3.42. The zero-order chi connectivity index (χ0) is 24.5. The van der Waals surface area contributed by atoms with Crippen LogP contribution in [-0.4, -0.2) is 13.1 Å². The van der Waals surface area contributed by atoms with Gasteiger partial charge in [-0.15, -0.1) is 0 Å². The fraction of sp³-hybridized carbons (Fsp3) is 0.138. The van der Waals surface area contributed by atoms with Crippen molar-refractivity contribution in [2.24, 2.45) is 0 Å². The molecule has 4 aromatic carbocycles. The Morgan fingerprint density at radius 2 is 1.09 bits per heavy atom. The molecule has 0 bridgehead atoms. The Balaban J connectivity index is 1.73. The summed E-state index contributed by atoms with van der Waals surface area (Å²) in [5, 5.41) is 0. The van der Waals surface area contributed by atoms with E-state index in [1.807, 2.05) is 91.0 Å². The maximum absolute atomic E-state index is 12.6. The molecule has 4 rings (SSSR count). The van der Waals surface area contributed by atoms with Gasteiger partial charge < -0.3 is 18.9 Å². The number of ether oxygens (including phenoxy) is 4. The van der Waals surface area contributed by atoms with Gasteiger partial charge in [0, 0.05) is 0 Å². The first-order valence-corrected chi connectivity index (χ1v) is 11.9. The Morgan fingerprint density at radius 3 is 1.54 bits per heavy atom. The second kappa shape index (κ2) is 12.1. The lowest BCUT2D eigenvalue weighted by Gasteiger charge is -2.20. The summed E-state index contributed by atoms with van der Waals surface area (Å²) in [6.45, 7) is 0.876. The molecule has 0 aliphatic rings. The lowest BCUT2D eigenvalue weighted by Crippen LogP contribution is -2.09. The predicted octanol–water partition coefficient (Wildman–Crippen LogP) is 6.97. The summed E-state index contributed by atoms with van der Waals surface area (Å²) in [7, 11) is 1.34. The Hall–Kier alpha value is -3.77. The van der Waals surface area contributed by atoms with E-state index in [1.165, 1.54) is 7.11 Å². The number of carbonyl (C=O) groups is 1. The van der Waals surface area contributed by atoms with Crippen LogP contribution in [0.1, 0.15) is 27.0 Å². The van der Waals surface area contributed by atoms with Crippen LogP contribution in [-0.2, 0) is 24.6 Å². The van der Waals surface area contributed by atoms with Gasteiger partial charge >= 0.3 is 5.97 Å². The Kier molecular flexibility index (Phi) is 8.41. The SMILES string of the molecule is COC(=O)c1cc(OCc2ccccc2)c(OCc2ccccc2)c(OCc2ccccc2)c1Br. The van der Waals surface area contributed by atoms with Crippen LogP contribution < -0.4 is 14.2 Å². The zero-order valence-electron chi connectivity index (χ0n) is 19.3. The van der Waals surface area contributed by atoms with Gasteiger partial charge in [0.25, 0.3) is 0 Å². The molecule has 0 heterocycles. The molecule has 0 N–H and O–H groups in total. The molecule has 0 aliphatic carbocycles. The summed E-state index contributed by atoms with van der Waals surface area (Å²) >= 11 is 3.54. The van der Waals surface area contributed by atoms with Gasteiger partial charge in [-0.1, -0.05) is 91.0 Å². The fourth-order valence-corrected chi connectivity index (χ4v) is 3.99. The highest BCUT2D eigenvalue weighted by atomic mass is 79.9. The minimum Gasteiger partial charge on any atom is -0.485 e. The van der Waals surface area contributed by atoms with Gasteiger partial charge in [-0.05, 0) is 38.7 Å². The van der Waals surface area contributed by atoms with Crippen molar-refractivity contribution in [1.82, 2.24) is 0 Å². The lowest BCUT2D eigenvalue weighted by molar-refractivity contribution is 0.0598. The largest absolute Gasteiger partial charge is 0.485 e. The molecule has 4 aromatic rings. The van der Waals surface area contributed by atoms with E-state index >= 15 is 0 Å². The summed E-state index contributed by atoms with van der Waals surface area (Å²) in [4.78, 5) is 12.6. The molecule has 5 nitrogen and oxygen atoms in total. The van der Waals surface area contributed by atoms with Crippen molar-refractivity contribution in [2.75, 3.05) is 7.11 Å². The van der Waals surface area contributed by atoms with Crippen LogP contribution in [0.25, 0.3) is 0 Å². The molecule has 0 fully saturated rings. The number of hydrogen-bond acceptors (Lipinski definition) is 5. The molecular formula is C29H25BrO5. The van der Waals surface area contributed by atoms with Crippen LogP contribution in [0.15, 0.2) is 102 Å². The van der Waals surface area contributed by atoms with E-state index in [-0.39, 0.29) is 12.2 Å². The summed E-state index contributed by atoms with van der Waals surface area (Å²) in [6, 6.07) is 31.0. The van der Waals surface area contributed by atoms with E-state index in [0.29, 0.717) is 34.9 Å². The molecule has 0 aliphatic heterocycles. The van der Waals surface area contributed by atoms with Gasteiger partial charge in [0.1, 0.15) is 19.8 Å². The Bertz CT molecular complexity index is 1240. The average molecular weight is 533 g/mol. The van der Waals surface area contributed by atoms with Gasteiger partial charge in [0.05, 0.1) is 17.1 Å². The molecule has 0 aromatic heterocycles. The summed E-state index contributed by atoms with van der Waals surface area (Å²) in [5.41, 5.74) is 3.23. The predicted molar refractivity (Wildman–Crippen MR) is 138 cm³/mol. The first kappa shape index (κ1) is 24.4. The minimum atomic E-state index is -0.513. The second-order valence-electron chi connectivity index (χ2n) is 7.71. The molecule has 0 amide bonds. The van der Waals surface area contributed by atoms with Crippen LogP contribution in [0.5, 0.6) is 17.2 Å². The summed E-state index contributed by atoms with van der Waals surface area (Å²) < 4.78 is 24.1. The number of carbonyl (C=O) groups excluding carboxylic acids is 1. The summed E-state index contributed by atoms with van der Waals surface area (Å²) in [5.74, 6) is 0.646. The van der Waals surface area contributed by atoms with Gasteiger partial charge in [-0.25, -0.2) is 4.79 Å². The molecular weight excluding hydrogens is 508 g/mol. The third kappa shape index (κ3) is 6.43. The van der Waals surface area contributed by atoms with Crippen molar-refractivity contribution in [1.29, 1.82) is 0 Å². The molecule has 0 saturated heterocycles. The van der Waals surface area contributed by atoms with E-state index in [1.54, 1.807) is 6.07 Å². The Labute approximate surface area is 213 Å². The molecule has 178 valence electrons. The van der Waals surface area contributed by atoms with Gasteiger partial charge in [-0.3, -0.25) is 0 Å². The van der Waals surface area contributed by atoms with Crippen LogP contribution in [0.2, 0.25) is 0 Å². The topological polar surface area (TPSA) is 54.0 Å². The molecule has 0 radical (unpaired) electrons. The van der Waals surface area contributed by atoms with Crippen molar-refractivity contribution >= 4 is 21.9 Å². The van der Waals surface area contributed by atoms with E-state index in [9.17, 15) is 4.79 Å². The van der Waals surface area contributed by atoms with Crippen LogP contribution in [0.4, 0.5) is 0 Å².